The number of carbonyl (C=O) groups is 3. The molecule has 0 saturated carbocycles. The number of aryl methyl sites for hydroxylation is 1. The zero-order chi connectivity index (χ0) is 23.8. The fourth-order valence-electron chi connectivity index (χ4n) is 3.88. The number of benzene rings is 1. The Bertz CT molecular complexity index is 969. The second kappa shape index (κ2) is 11.8. The Morgan fingerprint density at radius 2 is 1.91 bits per heavy atom. The number of carbonyl (C=O) groups excluding carboxylic acids is 3. The second-order valence-corrected chi connectivity index (χ2v) is 9.00. The summed E-state index contributed by atoms with van der Waals surface area (Å²) in [6.45, 7) is 2.86. The minimum Gasteiger partial charge on any atom is -0.496 e. The van der Waals surface area contributed by atoms with Crippen LogP contribution in [0.15, 0.2) is 41.0 Å². The molecule has 2 N–H and O–H groups in total. The van der Waals surface area contributed by atoms with Gasteiger partial charge in [-0.25, -0.2) is 0 Å². The Balaban J connectivity index is 1.59. The molecule has 0 bridgehead atoms. The van der Waals surface area contributed by atoms with Crippen LogP contribution < -0.4 is 15.4 Å². The van der Waals surface area contributed by atoms with E-state index in [1.165, 1.54) is 13.4 Å². The third-order valence-electron chi connectivity index (χ3n) is 5.78. The number of nitrogens with one attached hydrogen (secondary N) is 2. The van der Waals surface area contributed by atoms with E-state index in [9.17, 15) is 14.4 Å². The number of hydrogen-bond donors (Lipinski definition) is 2. The quantitative estimate of drug-likeness (QED) is 0.581. The Kier molecular flexibility index (Phi) is 8.82. The van der Waals surface area contributed by atoms with Gasteiger partial charge in [-0.1, -0.05) is 12.1 Å². The van der Waals surface area contributed by atoms with Gasteiger partial charge < -0.3 is 24.7 Å². The van der Waals surface area contributed by atoms with Crippen LogP contribution in [0.5, 0.6) is 5.75 Å². The summed E-state index contributed by atoms with van der Waals surface area (Å²) >= 11 is 1.63. The fourth-order valence-corrected chi connectivity index (χ4v) is 4.35. The van der Waals surface area contributed by atoms with E-state index in [4.69, 9.17) is 9.15 Å². The number of thioether (sulfide) groups is 1. The zero-order valence-corrected chi connectivity index (χ0v) is 20.1. The van der Waals surface area contributed by atoms with Crippen molar-refractivity contribution in [2.75, 3.05) is 32.2 Å². The van der Waals surface area contributed by atoms with Crippen LogP contribution in [0.3, 0.4) is 0 Å². The number of furan rings is 1. The zero-order valence-electron chi connectivity index (χ0n) is 19.3. The molecule has 1 aromatic carbocycles. The van der Waals surface area contributed by atoms with Crippen molar-refractivity contribution in [1.29, 1.82) is 0 Å². The summed E-state index contributed by atoms with van der Waals surface area (Å²) in [5.74, 6) is 0.877. The Morgan fingerprint density at radius 1 is 1.18 bits per heavy atom. The minimum atomic E-state index is -0.619. The lowest BCUT2D eigenvalue weighted by Gasteiger charge is -2.34. The summed E-state index contributed by atoms with van der Waals surface area (Å²) in [4.78, 5) is 40.3. The predicted molar refractivity (Wildman–Crippen MR) is 128 cm³/mol. The molecule has 1 unspecified atom stereocenters. The lowest BCUT2D eigenvalue weighted by atomic mass is 10.0. The Hall–Kier alpha value is -2.94. The molecule has 9 heteroatoms. The van der Waals surface area contributed by atoms with E-state index in [2.05, 4.69) is 10.6 Å². The van der Waals surface area contributed by atoms with Crippen molar-refractivity contribution in [3.05, 3.63) is 53.5 Å². The highest BCUT2D eigenvalue weighted by atomic mass is 32.2. The van der Waals surface area contributed by atoms with Crippen molar-refractivity contribution in [2.24, 2.45) is 0 Å². The van der Waals surface area contributed by atoms with Crippen molar-refractivity contribution in [1.82, 2.24) is 15.5 Å². The van der Waals surface area contributed by atoms with Crippen LogP contribution in [0.2, 0.25) is 0 Å². The summed E-state index contributed by atoms with van der Waals surface area (Å²) in [7, 11) is 1.51. The smallest absolute Gasteiger partial charge is 0.287 e. The maximum atomic E-state index is 13.3. The summed E-state index contributed by atoms with van der Waals surface area (Å²) in [5, 5.41) is 5.90. The van der Waals surface area contributed by atoms with Crippen LogP contribution >= 0.6 is 11.8 Å². The van der Waals surface area contributed by atoms with Crippen molar-refractivity contribution >= 4 is 29.5 Å². The molecule has 0 aliphatic carbocycles. The van der Waals surface area contributed by atoms with Crippen LogP contribution in [0.1, 0.15) is 45.7 Å². The summed E-state index contributed by atoms with van der Waals surface area (Å²) in [6.07, 6.45) is 5.30. The number of hydrogen-bond acceptors (Lipinski definition) is 6. The van der Waals surface area contributed by atoms with Crippen LogP contribution in [0, 0.1) is 6.92 Å². The number of piperidine rings is 1. The molecule has 2 aromatic rings. The SMILES string of the molecule is COc1ccccc1C(=O)NC(CCSC)C(=O)N1CCC(NC(=O)c2occc2C)CC1. The lowest BCUT2D eigenvalue weighted by molar-refractivity contribution is -0.134. The van der Waals surface area contributed by atoms with Crippen LogP contribution in [-0.4, -0.2) is 66.9 Å². The van der Waals surface area contributed by atoms with Crippen molar-refractivity contribution < 1.29 is 23.5 Å². The number of ether oxygens (including phenoxy) is 1. The maximum absolute atomic E-state index is 13.3. The van der Waals surface area contributed by atoms with Crippen molar-refractivity contribution in [3.63, 3.8) is 0 Å². The van der Waals surface area contributed by atoms with E-state index in [1.807, 2.05) is 13.2 Å². The van der Waals surface area contributed by atoms with Gasteiger partial charge in [-0.05, 0) is 56.4 Å². The van der Waals surface area contributed by atoms with Crippen molar-refractivity contribution in [3.8, 4) is 5.75 Å². The summed E-state index contributed by atoms with van der Waals surface area (Å²) in [6, 6.07) is 8.06. The van der Waals surface area contributed by atoms with Gasteiger partial charge in [0.15, 0.2) is 5.76 Å². The van der Waals surface area contributed by atoms with Gasteiger partial charge in [0.2, 0.25) is 5.91 Å². The molecule has 0 radical (unpaired) electrons. The topological polar surface area (TPSA) is 101 Å². The highest BCUT2D eigenvalue weighted by Gasteiger charge is 2.30. The van der Waals surface area contributed by atoms with E-state index in [-0.39, 0.29) is 23.8 Å². The number of nitrogens with zero attached hydrogens (tertiary/aromatic N) is 1. The number of likely N-dealkylation sites (tertiary alicyclic amines) is 1. The highest BCUT2D eigenvalue weighted by molar-refractivity contribution is 7.98. The molecule has 2 heterocycles. The summed E-state index contributed by atoms with van der Waals surface area (Å²) < 4.78 is 10.5. The van der Waals surface area contributed by atoms with Gasteiger partial charge in [-0.15, -0.1) is 0 Å². The first kappa shape index (κ1) is 24.7. The van der Waals surface area contributed by atoms with E-state index in [0.717, 1.165) is 11.3 Å². The van der Waals surface area contributed by atoms with Crippen LogP contribution in [0.25, 0.3) is 0 Å². The molecular formula is C24H31N3O5S. The van der Waals surface area contributed by atoms with Gasteiger partial charge in [0, 0.05) is 24.7 Å². The van der Waals surface area contributed by atoms with Gasteiger partial charge >= 0.3 is 0 Å². The third-order valence-corrected chi connectivity index (χ3v) is 6.42. The van der Waals surface area contributed by atoms with Gasteiger partial charge in [0.1, 0.15) is 11.8 Å². The molecule has 3 amide bonds. The fraction of sp³-hybridized carbons (Fsp3) is 0.458. The van der Waals surface area contributed by atoms with E-state index >= 15 is 0 Å². The number of para-hydroxylation sites is 1. The van der Waals surface area contributed by atoms with Crippen molar-refractivity contribution in [2.45, 2.75) is 38.3 Å². The molecule has 1 fully saturated rings. The maximum Gasteiger partial charge on any atom is 0.287 e. The monoisotopic (exact) mass is 473 g/mol. The first-order chi connectivity index (χ1) is 15.9. The third kappa shape index (κ3) is 6.31. The van der Waals surface area contributed by atoms with E-state index in [0.29, 0.717) is 49.4 Å². The average molecular weight is 474 g/mol. The van der Waals surface area contributed by atoms with E-state index < -0.39 is 6.04 Å². The standard InChI is InChI=1S/C24H31N3O5S/c1-16-10-14-32-21(16)23(29)25-17-8-12-27(13-9-17)24(30)19(11-15-33-3)26-22(28)18-6-4-5-7-20(18)31-2/h4-7,10,14,17,19H,8-9,11-13,15H2,1-3H3,(H,25,29)(H,26,28). The van der Waals surface area contributed by atoms with Gasteiger partial charge in [-0.3, -0.25) is 14.4 Å². The van der Waals surface area contributed by atoms with Gasteiger partial charge in [0.05, 0.1) is 18.9 Å². The Morgan fingerprint density at radius 3 is 2.55 bits per heavy atom. The summed E-state index contributed by atoms with van der Waals surface area (Å²) in [5.41, 5.74) is 1.19. The largest absolute Gasteiger partial charge is 0.496 e. The Labute approximate surface area is 198 Å². The molecular weight excluding hydrogens is 442 g/mol. The predicted octanol–water partition coefficient (Wildman–Crippen LogP) is 2.87. The van der Waals surface area contributed by atoms with Crippen LogP contribution in [0.4, 0.5) is 0 Å². The average Bonchev–Trinajstić information content (AvgIpc) is 3.27. The molecule has 1 saturated heterocycles. The highest BCUT2D eigenvalue weighted by Crippen LogP contribution is 2.19. The number of amides is 3. The molecule has 178 valence electrons. The lowest BCUT2D eigenvalue weighted by Crippen LogP contribution is -2.53. The normalized spacial score (nSPS) is 15.1. The molecule has 0 spiro atoms. The van der Waals surface area contributed by atoms with E-state index in [1.54, 1.807) is 47.0 Å². The molecule has 1 aliphatic rings. The first-order valence-electron chi connectivity index (χ1n) is 11.0. The first-order valence-corrected chi connectivity index (χ1v) is 12.4. The minimum absolute atomic E-state index is 0.0288. The van der Waals surface area contributed by atoms with Gasteiger partial charge in [0.25, 0.3) is 11.8 Å². The molecule has 3 rings (SSSR count). The molecule has 33 heavy (non-hydrogen) atoms. The molecule has 1 aliphatic heterocycles. The molecule has 8 nitrogen and oxygen atoms in total. The molecule has 1 atom stereocenters. The second-order valence-electron chi connectivity index (χ2n) is 8.01. The molecule has 1 aromatic heterocycles. The van der Waals surface area contributed by atoms with Crippen LogP contribution in [-0.2, 0) is 4.79 Å². The van der Waals surface area contributed by atoms with Gasteiger partial charge in [-0.2, -0.15) is 11.8 Å². The number of rotatable bonds is 9. The number of methoxy groups -OCH3 is 1.